The predicted molar refractivity (Wildman–Crippen MR) is 116 cm³/mol. The monoisotopic (exact) mass is 425 g/mol. The van der Waals surface area contributed by atoms with E-state index in [4.69, 9.17) is 15.2 Å². The summed E-state index contributed by atoms with van der Waals surface area (Å²) < 4.78 is 11.7. The number of rotatable bonds is 6. The molecule has 31 heavy (non-hydrogen) atoms. The molecule has 164 valence electrons. The van der Waals surface area contributed by atoms with E-state index < -0.39 is 11.5 Å². The molecule has 1 aromatic carbocycles. The van der Waals surface area contributed by atoms with Crippen molar-refractivity contribution >= 4 is 22.6 Å². The Balaban J connectivity index is 2.11. The fourth-order valence-electron chi connectivity index (χ4n) is 3.20. The van der Waals surface area contributed by atoms with Crippen LogP contribution in [0.4, 0.5) is 0 Å². The Labute approximate surface area is 181 Å². The van der Waals surface area contributed by atoms with Crippen LogP contribution in [-0.4, -0.2) is 46.3 Å². The summed E-state index contributed by atoms with van der Waals surface area (Å²) in [6, 6.07) is 3.19. The molecule has 8 heteroatoms. The van der Waals surface area contributed by atoms with Crippen LogP contribution in [0.2, 0.25) is 0 Å². The van der Waals surface area contributed by atoms with Crippen molar-refractivity contribution in [3.8, 4) is 23.5 Å². The zero-order valence-corrected chi connectivity index (χ0v) is 18.1. The van der Waals surface area contributed by atoms with Crippen LogP contribution in [-0.2, 0) is 4.79 Å². The average Bonchev–Trinajstić information content (AvgIpc) is 3.08. The van der Waals surface area contributed by atoms with Gasteiger partial charge in [0.2, 0.25) is 11.8 Å². The summed E-state index contributed by atoms with van der Waals surface area (Å²) in [6.45, 7) is 7.11. The minimum Gasteiger partial charge on any atom is -0.490 e. The number of primary amides is 1. The molecule has 1 aliphatic rings. The number of carbonyl (C=O) groups excluding carboxylic acids is 2. The highest BCUT2D eigenvalue weighted by Gasteiger charge is 2.23. The molecule has 4 N–H and O–H groups in total. The van der Waals surface area contributed by atoms with Gasteiger partial charge in [-0.2, -0.15) is 0 Å². The lowest BCUT2D eigenvalue weighted by molar-refractivity contribution is -0.119. The number of nitrogens with one attached hydrogen (secondary N) is 1. The summed E-state index contributed by atoms with van der Waals surface area (Å²) in [5.41, 5.74) is 5.11. The topological polar surface area (TPSA) is 124 Å². The van der Waals surface area contributed by atoms with Crippen molar-refractivity contribution in [2.45, 2.75) is 58.3 Å². The first-order chi connectivity index (χ1) is 14.5. The third-order valence-electron chi connectivity index (χ3n) is 4.59. The molecule has 2 aromatic rings. The van der Waals surface area contributed by atoms with Crippen LogP contribution >= 0.6 is 0 Å². The molecular formula is C23H27N3O5. The second-order valence-electron chi connectivity index (χ2n) is 8.32. The molecule has 1 unspecified atom stereocenters. The van der Waals surface area contributed by atoms with Gasteiger partial charge < -0.3 is 25.6 Å². The van der Waals surface area contributed by atoms with Gasteiger partial charge in [-0.15, -0.1) is 0 Å². The minimum absolute atomic E-state index is 0.00220. The maximum absolute atomic E-state index is 12.1. The van der Waals surface area contributed by atoms with Crippen LogP contribution in [0.1, 0.15) is 56.5 Å². The van der Waals surface area contributed by atoms with E-state index in [2.05, 4.69) is 22.1 Å². The van der Waals surface area contributed by atoms with Gasteiger partial charge in [0.25, 0.3) is 5.91 Å². The maximum Gasteiger partial charge on any atom is 0.252 e. The number of benzene rings is 1. The van der Waals surface area contributed by atoms with E-state index in [0.717, 1.165) is 0 Å². The largest absolute Gasteiger partial charge is 0.490 e. The third-order valence-corrected chi connectivity index (χ3v) is 4.59. The van der Waals surface area contributed by atoms with Gasteiger partial charge in [0, 0.05) is 23.4 Å². The first kappa shape index (κ1) is 22.4. The zero-order valence-electron chi connectivity index (χ0n) is 18.1. The normalized spacial score (nSPS) is 16.1. The maximum atomic E-state index is 12.1. The number of aliphatic hydroxyl groups is 1. The van der Waals surface area contributed by atoms with Gasteiger partial charge >= 0.3 is 0 Å². The molecular weight excluding hydrogens is 398 g/mol. The number of aromatic nitrogens is 1. The lowest BCUT2D eigenvalue weighted by atomic mass is 10.0. The molecule has 2 heterocycles. The summed E-state index contributed by atoms with van der Waals surface area (Å²) in [4.78, 5) is 27.9. The Morgan fingerprint density at radius 1 is 1.39 bits per heavy atom. The van der Waals surface area contributed by atoms with Gasteiger partial charge in [-0.25, -0.2) is 4.98 Å². The highest BCUT2D eigenvalue weighted by atomic mass is 16.5. The standard InChI is InChI=1S/C23H27N3O5/c1-13(2)31-19-10-17-16(9-18(19)21(24)28)14(7-8-23(3,4)29)11-25-22(17)30-12-15-5-6-20(27)26-15/h9-11,13,15,29H,5-6,12H2,1-4H3,(H2,24,28)(H,26,27). The summed E-state index contributed by atoms with van der Waals surface area (Å²) in [6.07, 6.45) is 2.51. The van der Waals surface area contributed by atoms with Crippen LogP contribution in [0, 0.1) is 11.8 Å². The Kier molecular flexibility index (Phi) is 6.37. The number of carbonyl (C=O) groups is 2. The average molecular weight is 425 g/mol. The molecule has 8 nitrogen and oxygen atoms in total. The number of nitrogens with two attached hydrogens (primary N) is 1. The lowest BCUT2D eigenvalue weighted by Gasteiger charge is -2.17. The SMILES string of the molecule is CC(C)Oc1cc2c(OCC3CCC(=O)N3)ncc(C#CC(C)(C)O)c2cc1C(N)=O. The Hall–Kier alpha value is -3.31. The predicted octanol–water partition coefficient (Wildman–Crippen LogP) is 1.90. The second kappa shape index (κ2) is 8.82. The minimum atomic E-state index is -1.20. The van der Waals surface area contributed by atoms with Crippen molar-refractivity contribution in [3.05, 3.63) is 29.5 Å². The molecule has 0 radical (unpaired) electrons. The van der Waals surface area contributed by atoms with Crippen LogP contribution < -0.4 is 20.5 Å². The van der Waals surface area contributed by atoms with Gasteiger partial charge in [0.15, 0.2) is 0 Å². The van der Waals surface area contributed by atoms with Crippen molar-refractivity contribution in [3.63, 3.8) is 0 Å². The van der Waals surface area contributed by atoms with Crippen LogP contribution in [0.15, 0.2) is 18.3 Å². The molecule has 1 saturated heterocycles. The molecule has 1 aromatic heterocycles. The van der Waals surface area contributed by atoms with Crippen LogP contribution in [0.25, 0.3) is 10.8 Å². The summed E-state index contributed by atoms with van der Waals surface area (Å²) >= 11 is 0. The Morgan fingerprint density at radius 2 is 2.13 bits per heavy atom. The van der Waals surface area contributed by atoms with Crippen molar-refractivity contribution < 1.29 is 24.2 Å². The highest BCUT2D eigenvalue weighted by Crippen LogP contribution is 2.33. The van der Waals surface area contributed by atoms with E-state index >= 15 is 0 Å². The first-order valence-electron chi connectivity index (χ1n) is 10.1. The third kappa shape index (κ3) is 5.64. The summed E-state index contributed by atoms with van der Waals surface area (Å²) in [5, 5.41) is 14.0. The fourth-order valence-corrected chi connectivity index (χ4v) is 3.20. The summed E-state index contributed by atoms with van der Waals surface area (Å²) in [5.74, 6) is 5.69. The van der Waals surface area contributed by atoms with E-state index in [1.807, 2.05) is 13.8 Å². The number of amides is 2. The van der Waals surface area contributed by atoms with Crippen molar-refractivity contribution in [2.75, 3.05) is 6.61 Å². The van der Waals surface area contributed by atoms with Crippen LogP contribution in [0.3, 0.4) is 0 Å². The van der Waals surface area contributed by atoms with Gasteiger partial charge in [0.1, 0.15) is 18.0 Å². The van der Waals surface area contributed by atoms with Crippen molar-refractivity contribution in [1.82, 2.24) is 10.3 Å². The fraction of sp³-hybridized carbons (Fsp3) is 0.435. The van der Waals surface area contributed by atoms with Gasteiger partial charge in [0.05, 0.1) is 23.3 Å². The van der Waals surface area contributed by atoms with Crippen molar-refractivity contribution in [2.24, 2.45) is 5.73 Å². The zero-order chi connectivity index (χ0) is 22.8. The number of fused-ring (bicyclic) bond motifs is 1. The van der Waals surface area contributed by atoms with E-state index in [1.165, 1.54) is 6.20 Å². The van der Waals surface area contributed by atoms with Gasteiger partial charge in [-0.05, 0) is 46.2 Å². The molecule has 0 aliphatic carbocycles. The molecule has 0 saturated carbocycles. The quantitative estimate of drug-likeness (QED) is 0.608. The van der Waals surface area contributed by atoms with E-state index in [1.54, 1.807) is 26.0 Å². The Bertz CT molecular complexity index is 1080. The van der Waals surface area contributed by atoms with Gasteiger partial charge in [-0.1, -0.05) is 11.8 Å². The highest BCUT2D eigenvalue weighted by molar-refractivity contribution is 6.03. The first-order valence-corrected chi connectivity index (χ1v) is 10.1. The second-order valence-corrected chi connectivity index (χ2v) is 8.32. The van der Waals surface area contributed by atoms with E-state index in [0.29, 0.717) is 40.8 Å². The number of hydrogen-bond donors (Lipinski definition) is 3. The molecule has 1 fully saturated rings. The molecule has 1 aliphatic heterocycles. The molecule has 0 bridgehead atoms. The smallest absolute Gasteiger partial charge is 0.252 e. The number of nitrogens with zero attached hydrogens (tertiary/aromatic N) is 1. The lowest BCUT2D eigenvalue weighted by Crippen LogP contribution is -2.31. The summed E-state index contributed by atoms with van der Waals surface area (Å²) in [7, 11) is 0. The molecule has 0 spiro atoms. The van der Waals surface area contributed by atoms with E-state index in [9.17, 15) is 14.7 Å². The van der Waals surface area contributed by atoms with Crippen molar-refractivity contribution in [1.29, 1.82) is 0 Å². The van der Waals surface area contributed by atoms with Crippen LogP contribution in [0.5, 0.6) is 11.6 Å². The molecule has 2 amide bonds. The molecule has 1 atom stereocenters. The number of ether oxygens (including phenoxy) is 2. The van der Waals surface area contributed by atoms with Gasteiger partial charge in [-0.3, -0.25) is 9.59 Å². The number of hydrogen-bond acceptors (Lipinski definition) is 6. The molecule has 3 rings (SSSR count). The number of pyridine rings is 1. The Morgan fingerprint density at radius 3 is 2.71 bits per heavy atom. The van der Waals surface area contributed by atoms with E-state index in [-0.39, 0.29) is 30.2 Å².